The molecule has 3 N–H and O–H groups in total. The molecule has 1 aromatic carbocycles. The van der Waals surface area contributed by atoms with E-state index >= 15 is 0 Å². The van der Waals surface area contributed by atoms with Crippen LogP contribution < -0.4 is 11.1 Å². The Kier molecular flexibility index (Phi) is 4.66. The summed E-state index contributed by atoms with van der Waals surface area (Å²) in [7, 11) is 0. The number of hydrogen-bond acceptors (Lipinski definition) is 3. The van der Waals surface area contributed by atoms with Gasteiger partial charge in [0.25, 0.3) is 0 Å². The Balaban J connectivity index is 1.69. The van der Waals surface area contributed by atoms with Crippen molar-refractivity contribution in [3.05, 3.63) is 29.8 Å². The van der Waals surface area contributed by atoms with Crippen molar-refractivity contribution in [2.75, 3.05) is 12.3 Å². The Morgan fingerprint density at radius 3 is 2.89 bits per heavy atom. The van der Waals surface area contributed by atoms with Gasteiger partial charge in [0.05, 0.1) is 5.75 Å². The van der Waals surface area contributed by atoms with Gasteiger partial charge in [0, 0.05) is 17.5 Å². The third-order valence-electron chi connectivity index (χ3n) is 3.21. The molecule has 4 heteroatoms. The lowest BCUT2D eigenvalue weighted by Crippen LogP contribution is -2.39. The number of carbonyl (C=O) groups excluding carboxylic acids is 1. The van der Waals surface area contributed by atoms with Crippen LogP contribution in [0.3, 0.4) is 0 Å². The second-order valence-electron chi connectivity index (χ2n) is 4.86. The van der Waals surface area contributed by atoms with Gasteiger partial charge in [-0.25, -0.2) is 0 Å². The van der Waals surface area contributed by atoms with Gasteiger partial charge in [-0.3, -0.25) is 4.79 Å². The fourth-order valence-corrected chi connectivity index (χ4v) is 2.69. The Hall–Kier alpha value is -1.00. The third kappa shape index (κ3) is 4.03. The standard InChI is InChI=1S/C14H20N2OS/c1-10-4-2-3-5-13(10)18-9-14(17)16-8-12(15)11-6-7-11/h2-5,11-12H,6-9,15H2,1H3,(H,16,17). The van der Waals surface area contributed by atoms with E-state index in [1.807, 2.05) is 18.2 Å². The molecular weight excluding hydrogens is 244 g/mol. The molecule has 1 unspecified atom stereocenters. The quantitative estimate of drug-likeness (QED) is 0.772. The second kappa shape index (κ2) is 6.25. The van der Waals surface area contributed by atoms with Crippen molar-refractivity contribution in [2.24, 2.45) is 11.7 Å². The number of rotatable bonds is 6. The molecule has 0 aromatic heterocycles. The number of thioether (sulfide) groups is 1. The van der Waals surface area contributed by atoms with E-state index in [9.17, 15) is 4.79 Å². The summed E-state index contributed by atoms with van der Waals surface area (Å²) in [6, 6.07) is 8.24. The molecule has 0 saturated heterocycles. The van der Waals surface area contributed by atoms with Crippen LogP contribution in [0.4, 0.5) is 0 Å². The lowest BCUT2D eigenvalue weighted by molar-refractivity contribution is -0.118. The fraction of sp³-hybridized carbons (Fsp3) is 0.500. The minimum absolute atomic E-state index is 0.0688. The van der Waals surface area contributed by atoms with Gasteiger partial charge in [-0.1, -0.05) is 18.2 Å². The minimum Gasteiger partial charge on any atom is -0.354 e. The van der Waals surface area contributed by atoms with E-state index in [1.165, 1.54) is 23.3 Å². The van der Waals surface area contributed by atoms with Crippen LogP contribution in [0.25, 0.3) is 0 Å². The topological polar surface area (TPSA) is 55.1 Å². The molecule has 1 saturated carbocycles. The number of amides is 1. The number of benzene rings is 1. The van der Waals surface area contributed by atoms with Gasteiger partial charge in [0.1, 0.15) is 0 Å². The highest BCUT2D eigenvalue weighted by atomic mass is 32.2. The Morgan fingerprint density at radius 2 is 2.22 bits per heavy atom. The molecule has 0 spiro atoms. The summed E-state index contributed by atoms with van der Waals surface area (Å²) in [4.78, 5) is 12.9. The summed E-state index contributed by atoms with van der Waals surface area (Å²) in [6.45, 7) is 2.67. The highest BCUT2D eigenvalue weighted by Crippen LogP contribution is 2.31. The predicted molar refractivity (Wildman–Crippen MR) is 75.6 cm³/mol. The molecule has 0 radical (unpaired) electrons. The smallest absolute Gasteiger partial charge is 0.230 e. The third-order valence-corrected chi connectivity index (χ3v) is 4.39. The van der Waals surface area contributed by atoms with Crippen molar-refractivity contribution in [1.29, 1.82) is 0 Å². The lowest BCUT2D eigenvalue weighted by Gasteiger charge is -2.11. The molecule has 1 fully saturated rings. The summed E-state index contributed by atoms with van der Waals surface area (Å²) in [5, 5.41) is 2.91. The predicted octanol–water partition coefficient (Wildman–Crippen LogP) is 1.94. The molecule has 1 amide bonds. The number of carbonyl (C=O) groups is 1. The first kappa shape index (κ1) is 13.4. The molecule has 1 aliphatic carbocycles. The lowest BCUT2D eigenvalue weighted by atomic mass is 10.2. The van der Waals surface area contributed by atoms with E-state index in [2.05, 4.69) is 18.3 Å². The molecule has 2 rings (SSSR count). The maximum atomic E-state index is 11.7. The summed E-state index contributed by atoms with van der Waals surface area (Å²) in [5.74, 6) is 1.16. The first-order valence-electron chi connectivity index (χ1n) is 6.37. The minimum atomic E-state index is 0.0688. The summed E-state index contributed by atoms with van der Waals surface area (Å²) >= 11 is 1.58. The zero-order valence-electron chi connectivity index (χ0n) is 10.7. The van der Waals surface area contributed by atoms with Gasteiger partial charge in [-0.2, -0.15) is 0 Å². The number of hydrogen-bond donors (Lipinski definition) is 2. The van der Waals surface area contributed by atoms with Gasteiger partial charge in [-0.15, -0.1) is 11.8 Å². The summed E-state index contributed by atoms with van der Waals surface area (Å²) in [5.41, 5.74) is 7.15. The number of aryl methyl sites for hydroxylation is 1. The highest BCUT2D eigenvalue weighted by Gasteiger charge is 2.28. The van der Waals surface area contributed by atoms with Gasteiger partial charge >= 0.3 is 0 Å². The monoisotopic (exact) mass is 264 g/mol. The number of nitrogens with one attached hydrogen (secondary N) is 1. The highest BCUT2D eigenvalue weighted by molar-refractivity contribution is 8.00. The molecule has 0 heterocycles. The largest absolute Gasteiger partial charge is 0.354 e. The van der Waals surface area contributed by atoms with Crippen LogP contribution in [0.1, 0.15) is 18.4 Å². The zero-order chi connectivity index (χ0) is 13.0. The van der Waals surface area contributed by atoms with Crippen molar-refractivity contribution in [2.45, 2.75) is 30.7 Å². The van der Waals surface area contributed by atoms with Crippen LogP contribution in [-0.2, 0) is 4.79 Å². The van der Waals surface area contributed by atoms with E-state index in [0.717, 1.165) is 0 Å². The van der Waals surface area contributed by atoms with Gasteiger partial charge in [-0.05, 0) is 37.3 Å². The maximum Gasteiger partial charge on any atom is 0.230 e. The molecule has 18 heavy (non-hydrogen) atoms. The van der Waals surface area contributed by atoms with Crippen molar-refractivity contribution in [3.8, 4) is 0 Å². The fourth-order valence-electron chi connectivity index (χ4n) is 1.84. The van der Waals surface area contributed by atoms with E-state index in [-0.39, 0.29) is 11.9 Å². The molecule has 98 valence electrons. The molecule has 3 nitrogen and oxygen atoms in total. The molecule has 1 aliphatic rings. The maximum absolute atomic E-state index is 11.7. The van der Waals surface area contributed by atoms with Gasteiger partial charge in [0.15, 0.2) is 0 Å². The van der Waals surface area contributed by atoms with Gasteiger partial charge < -0.3 is 11.1 Å². The van der Waals surface area contributed by atoms with Crippen molar-refractivity contribution >= 4 is 17.7 Å². The SMILES string of the molecule is Cc1ccccc1SCC(=O)NCC(N)C1CC1. The Bertz CT molecular complexity index is 418. The van der Waals surface area contributed by atoms with Crippen LogP contribution in [0.15, 0.2) is 29.2 Å². The van der Waals surface area contributed by atoms with E-state index in [4.69, 9.17) is 5.73 Å². The summed E-state index contributed by atoms with van der Waals surface area (Å²) < 4.78 is 0. The molecule has 1 atom stereocenters. The second-order valence-corrected chi connectivity index (χ2v) is 5.88. The normalized spacial score (nSPS) is 16.3. The Labute approximate surface area is 113 Å². The number of nitrogens with two attached hydrogens (primary N) is 1. The average Bonchev–Trinajstić information content (AvgIpc) is 3.19. The zero-order valence-corrected chi connectivity index (χ0v) is 11.5. The van der Waals surface area contributed by atoms with Crippen molar-refractivity contribution < 1.29 is 4.79 Å². The van der Waals surface area contributed by atoms with Crippen LogP contribution in [0.5, 0.6) is 0 Å². The first-order chi connectivity index (χ1) is 8.66. The van der Waals surface area contributed by atoms with Crippen LogP contribution >= 0.6 is 11.8 Å². The molecule has 0 aliphatic heterocycles. The van der Waals surface area contributed by atoms with E-state index < -0.39 is 0 Å². The Morgan fingerprint density at radius 1 is 1.50 bits per heavy atom. The van der Waals surface area contributed by atoms with Gasteiger partial charge in [0.2, 0.25) is 5.91 Å². The van der Waals surface area contributed by atoms with Crippen LogP contribution in [-0.4, -0.2) is 24.2 Å². The van der Waals surface area contributed by atoms with E-state index in [1.54, 1.807) is 11.8 Å². The van der Waals surface area contributed by atoms with E-state index in [0.29, 0.717) is 18.2 Å². The molecule has 0 bridgehead atoms. The molecule has 1 aromatic rings. The van der Waals surface area contributed by atoms with Crippen LogP contribution in [0, 0.1) is 12.8 Å². The molecular formula is C14H20N2OS. The average molecular weight is 264 g/mol. The van der Waals surface area contributed by atoms with Crippen LogP contribution in [0.2, 0.25) is 0 Å². The van der Waals surface area contributed by atoms with Crippen molar-refractivity contribution in [3.63, 3.8) is 0 Å². The van der Waals surface area contributed by atoms with Crippen molar-refractivity contribution in [1.82, 2.24) is 5.32 Å². The first-order valence-corrected chi connectivity index (χ1v) is 7.36. The summed E-state index contributed by atoms with van der Waals surface area (Å²) in [6.07, 6.45) is 2.43.